The van der Waals surface area contributed by atoms with Crippen LogP contribution in [-0.2, 0) is 10.0 Å². The van der Waals surface area contributed by atoms with Crippen molar-refractivity contribution in [3.8, 4) is 11.8 Å². The summed E-state index contributed by atoms with van der Waals surface area (Å²) in [5.41, 5.74) is 0.584. The van der Waals surface area contributed by atoms with Crippen molar-refractivity contribution in [1.29, 1.82) is 0 Å². The van der Waals surface area contributed by atoms with Crippen LogP contribution in [0.5, 0.6) is 0 Å². The Labute approximate surface area is 120 Å². The van der Waals surface area contributed by atoms with Crippen LogP contribution in [0.1, 0.15) is 31.2 Å². The normalized spacial score (nSPS) is 15.2. The molecule has 1 aliphatic carbocycles. The van der Waals surface area contributed by atoms with E-state index < -0.39 is 10.0 Å². The van der Waals surface area contributed by atoms with Crippen molar-refractivity contribution < 1.29 is 13.5 Å². The number of aliphatic hydroxyl groups excluding tert-OH is 1. The molecule has 1 saturated carbocycles. The number of benzene rings is 1. The van der Waals surface area contributed by atoms with Gasteiger partial charge in [0.2, 0.25) is 10.0 Å². The molecule has 0 atom stereocenters. The van der Waals surface area contributed by atoms with Gasteiger partial charge in [-0.3, -0.25) is 0 Å². The Hall–Kier alpha value is -1.35. The SMILES string of the molecule is O=S(=O)(NCCC1CCC1)c1cccc(C#CCO)c1. The van der Waals surface area contributed by atoms with Gasteiger partial charge in [-0.2, -0.15) is 0 Å². The molecule has 0 unspecified atom stereocenters. The molecule has 0 spiro atoms. The lowest BCUT2D eigenvalue weighted by Crippen LogP contribution is -2.27. The lowest BCUT2D eigenvalue weighted by Gasteiger charge is -2.25. The topological polar surface area (TPSA) is 66.4 Å². The number of aliphatic hydroxyl groups is 1. The molecule has 0 amide bonds. The van der Waals surface area contributed by atoms with Crippen LogP contribution in [0.4, 0.5) is 0 Å². The van der Waals surface area contributed by atoms with E-state index in [2.05, 4.69) is 16.6 Å². The molecule has 1 fully saturated rings. The van der Waals surface area contributed by atoms with Crippen molar-refractivity contribution in [1.82, 2.24) is 4.72 Å². The summed E-state index contributed by atoms with van der Waals surface area (Å²) in [6.07, 6.45) is 4.61. The second-order valence-electron chi connectivity index (χ2n) is 4.97. The van der Waals surface area contributed by atoms with Gasteiger partial charge in [-0.05, 0) is 30.5 Å². The number of rotatable bonds is 5. The maximum atomic E-state index is 12.1. The zero-order valence-electron chi connectivity index (χ0n) is 11.3. The molecule has 0 aromatic heterocycles. The summed E-state index contributed by atoms with van der Waals surface area (Å²) in [4.78, 5) is 0.218. The molecule has 0 saturated heterocycles. The van der Waals surface area contributed by atoms with E-state index in [-0.39, 0.29) is 11.5 Å². The fraction of sp³-hybridized carbons (Fsp3) is 0.467. The largest absolute Gasteiger partial charge is 0.384 e. The van der Waals surface area contributed by atoms with Crippen LogP contribution in [0.3, 0.4) is 0 Å². The first-order valence-electron chi connectivity index (χ1n) is 6.81. The highest BCUT2D eigenvalue weighted by Crippen LogP contribution is 2.28. The summed E-state index contributed by atoms with van der Waals surface area (Å²) in [5, 5.41) is 8.65. The highest BCUT2D eigenvalue weighted by molar-refractivity contribution is 7.89. The monoisotopic (exact) mass is 293 g/mol. The minimum Gasteiger partial charge on any atom is -0.384 e. The molecule has 0 heterocycles. The summed E-state index contributed by atoms with van der Waals surface area (Å²) in [5.74, 6) is 5.89. The molecular formula is C15H19NO3S. The molecule has 0 aliphatic heterocycles. The van der Waals surface area contributed by atoms with Gasteiger partial charge in [-0.1, -0.05) is 37.2 Å². The van der Waals surface area contributed by atoms with Gasteiger partial charge in [0.25, 0.3) is 0 Å². The Morgan fingerprint density at radius 1 is 1.35 bits per heavy atom. The van der Waals surface area contributed by atoms with Crippen LogP contribution in [0.25, 0.3) is 0 Å². The Morgan fingerprint density at radius 3 is 2.80 bits per heavy atom. The zero-order valence-corrected chi connectivity index (χ0v) is 12.1. The van der Waals surface area contributed by atoms with E-state index in [0.717, 1.165) is 6.42 Å². The molecule has 20 heavy (non-hydrogen) atoms. The van der Waals surface area contributed by atoms with E-state index in [0.29, 0.717) is 18.0 Å². The predicted octanol–water partition coefficient (Wildman–Crippen LogP) is 1.50. The average molecular weight is 293 g/mol. The van der Waals surface area contributed by atoms with Gasteiger partial charge in [-0.15, -0.1) is 0 Å². The molecule has 0 radical (unpaired) electrons. The minimum absolute atomic E-state index is 0.218. The smallest absolute Gasteiger partial charge is 0.240 e. The third-order valence-corrected chi connectivity index (χ3v) is 4.98. The zero-order chi connectivity index (χ0) is 14.4. The van der Waals surface area contributed by atoms with Gasteiger partial charge in [0.1, 0.15) is 6.61 Å². The predicted molar refractivity (Wildman–Crippen MR) is 77.6 cm³/mol. The van der Waals surface area contributed by atoms with Crippen LogP contribution in [0, 0.1) is 17.8 Å². The number of nitrogens with one attached hydrogen (secondary N) is 1. The summed E-state index contributed by atoms with van der Waals surface area (Å²) >= 11 is 0. The van der Waals surface area contributed by atoms with Crippen LogP contribution >= 0.6 is 0 Å². The first-order valence-corrected chi connectivity index (χ1v) is 8.29. The average Bonchev–Trinajstić information content (AvgIpc) is 2.39. The van der Waals surface area contributed by atoms with E-state index in [1.54, 1.807) is 18.2 Å². The van der Waals surface area contributed by atoms with E-state index in [1.165, 1.54) is 25.3 Å². The molecular weight excluding hydrogens is 274 g/mol. The van der Waals surface area contributed by atoms with Gasteiger partial charge in [-0.25, -0.2) is 13.1 Å². The van der Waals surface area contributed by atoms with Gasteiger partial charge in [0.15, 0.2) is 0 Å². The van der Waals surface area contributed by atoms with Gasteiger partial charge in [0.05, 0.1) is 4.90 Å². The molecule has 2 rings (SSSR count). The second-order valence-corrected chi connectivity index (χ2v) is 6.74. The van der Waals surface area contributed by atoms with Gasteiger partial charge in [0, 0.05) is 12.1 Å². The number of hydrogen-bond acceptors (Lipinski definition) is 3. The van der Waals surface area contributed by atoms with Gasteiger partial charge < -0.3 is 5.11 Å². The van der Waals surface area contributed by atoms with E-state index >= 15 is 0 Å². The van der Waals surface area contributed by atoms with Crippen molar-refractivity contribution in [2.45, 2.75) is 30.6 Å². The lowest BCUT2D eigenvalue weighted by molar-refractivity contribution is 0.297. The summed E-state index contributed by atoms with van der Waals surface area (Å²) in [7, 11) is -3.47. The standard InChI is InChI=1S/C15H19NO3S/c17-11-3-7-14-6-2-8-15(12-14)20(18,19)16-10-9-13-4-1-5-13/h2,6,8,12-13,16-17H,1,4-5,9-11H2. The van der Waals surface area contributed by atoms with Crippen LogP contribution in [0.2, 0.25) is 0 Å². The summed E-state index contributed by atoms with van der Waals surface area (Å²) in [6.45, 7) is 0.246. The molecule has 1 aromatic rings. The van der Waals surface area contributed by atoms with Crippen LogP contribution < -0.4 is 4.72 Å². The molecule has 1 aromatic carbocycles. The second kappa shape index (κ2) is 6.89. The van der Waals surface area contributed by atoms with Crippen LogP contribution in [0.15, 0.2) is 29.2 Å². The third kappa shape index (κ3) is 4.07. The maximum Gasteiger partial charge on any atom is 0.240 e. The van der Waals surface area contributed by atoms with E-state index in [4.69, 9.17) is 5.11 Å². The maximum absolute atomic E-state index is 12.1. The Kier molecular flexibility index (Phi) is 5.18. The minimum atomic E-state index is -3.47. The fourth-order valence-electron chi connectivity index (χ4n) is 2.14. The highest BCUT2D eigenvalue weighted by Gasteiger charge is 2.19. The molecule has 0 bridgehead atoms. The summed E-state index contributed by atoms with van der Waals surface area (Å²) in [6, 6.07) is 6.45. The van der Waals surface area contributed by atoms with Crippen molar-refractivity contribution in [3.05, 3.63) is 29.8 Å². The Balaban J connectivity index is 2.00. The highest BCUT2D eigenvalue weighted by atomic mass is 32.2. The first kappa shape index (κ1) is 15.0. The van der Waals surface area contributed by atoms with Crippen molar-refractivity contribution in [2.75, 3.05) is 13.2 Å². The molecule has 1 aliphatic rings. The molecule has 5 heteroatoms. The Morgan fingerprint density at radius 2 is 2.15 bits per heavy atom. The van der Waals surface area contributed by atoms with E-state index in [1.807, 2.05) is 0 Å². The quantitative estimate of drug-likeness (QED) is 0.809. The van der Waals surface area contributed by atoms with Gasteiger partial charge >= 0.3 is 0 Å². The molecule has 2 N–H and O–H groups in total. The molecule has 108 valence electrons. The van der Waals surface area contributed by atoms with Crippen molar-refractivity contribution in [3.63, 3.8) is 0 Å². The lowest BCUT2D eigenvalue weighted by atomic mass is 9.83. The fourth-order valence-corrected chi connectivity index (χ4v) is 3.24. The third-order valence-electron chi connectivity index (χ3n) is 3.53. The van der Waals surface area contributed by atoms with Crippen molar-refractivity contribution in [2.24, 2.45) is 5.92 Å². The molecule has 4 nitrogen and oxygen atoms in total. The first-order chi connectivity index (χ1) is 9.62. The van der Waals surface area contributed by atoms with Crippen LogP contribution in [-0.4, -0.2) is 26.7 Å². The van der Waals surface area contributed by atoms with E-state index in [9.17, 15) is 8.42 Å². The number of hydrogen-bond donors (Lipinski definition) is 2. The van der Waals surface area contributed by atoms with Crippen molar-refractivity contribution >= 4 is 10.0 Å². The Bertz CT molecular complexity index is 609. The summed E-state index contributed by atoms with van der Waals surface area (Å²) < 4.78 is 26.9. The number of sulfonamides is 1.